The van der Waals surface area contributed by atoms with Crippen molar-refractivity contribution in [3.63, 3.8) is 0 Å². The van der Waals surface area contributed by atoms with E-state index in [4.69, 9.17) is 0 Å². The van der Waals surface area contributed by atoms with Crippen LogP contribution in [0.15, 0.2) is 37.2 Å². The van der Waals surface area contributed by atoms with Crippen molar-refractivity contribution in [3.05, 3.63) is 66.1 Å². The predicted octanol–water partition coefficient (Wildman–Crippen LogP) is 3.38. The van der Waals surface area contributed by atoms with Gasteiger partial charge in [-0.3, -0.25) is 0 Å². The Morgan fingerprint density at radius 3 is 2.33 bits per heavy atom. The summed E-state index contributed by atoms with van der Waals surface area (Å²) in [6, 6.07) is 4.48. The van der Waals surface area contributed by atoms with E-state index in [9.17, 15) is 0 Å². The SMILES string of the molecule is C=CCN1[C]N(Cc2c(C)cc(C)cc2C)C=C1. The molecule has 2 heteroatoms. The summed E-state index contributed by atoms with van der Waals surface area (Å²) in [4.78, 5) is 4.10. The van der Waals surface area contributed by atoms with Gasteiger partial charge in [0.2, 0.25) is 6.67 Å². The summed E-state index contributed by atoms with van der Waals surface area (Å²) in [6.07, 6.45) is 5.96. The van der Waals surface area contributed by atoms with Gasteiger partial charge < -0.3 is 9.80 Å². The maximum Gasteiger partial charge on any atom is 0.208 e. The molecule has 0 N–H and O–H groups in total. The second kappa shape index (κ2) is 5.30. The number of rotatable bonds is 4. The van der Waals surface area contributed by atoms with Crippen LogP contribution in [0.4, 0.5) is 0 Å². The molecule has 0 spiro atoms. The van der Waals surface area contributed by atoms with Crippen molar-refractivity contribution in [2.45, 2.75) is 27.3 Å². The maximum absolute atomic E-state index is 3.74. The van der Waals surface area contributed by atoms with Gasteiger partial charge in [0.1, 0.15) is 0 Å². The number of hydrogen-bond acceptors (Lipinski definition) is 2. The van der Waals surface area contributed by atoms with Crippen molar-refractivity contribution in [1.82, 2.24) is 9.80 Å². The van der Waals surface area contributed by atoms with Crippen molar-refractivity contribution in [2.24, 2.45) is 0 Å². The average molecular weight is 240 g/mol. The second-order valence-electron chi connectivity index (χ2n) is 4.84. The maximum atomic E-state index is 3.74. The standard InChI is InChI=1S/C16H20N2/c1-5-6-17-7-8-18(12-17)11-16-14(3)9-13(2)10-15(16)4/h5,7-10H,1,6,11H2,2-4H3. The molecule has 2 rings (SSSR count). The predicted molar refractivity (Wildman–Crippen MR) is 75.5 cm³/mol. The molecule has 94 valence electrons. The molecular weight excluding hydrogens is 220 g/mol. The fraction of sp³-hybridized carbons (Fsp3) is 0.312. The van der Waals surface area contributed by atoms with Gasteiger partial charge in [0.25, 0.3) is 0 Å². The van der Waals surface area contributed by atoms with Gasteiger partial charge in [-0.05, 0) is 37.5 Å². The minimum absolute atomic E-state index is 0.804. The molecule has 0 saturated heterocycles. The molecule has 1 aliphatic heterocycles. The lowest BCUT2D eigenvalue weighted by Crippen LogP contribution is -2.20. The second-order valence-corrected chi connectivity index (χ2v) is 4.84. The molecule has 0 fully saturated rings. The first-order valence-electron chi connectivity index (χ1n) is 6.25. The van der Waals surface area contributed by atoms with E-state index in [1.807, 2.05) is 17.2 Å². The molecule has 1 aromatic carbocycles. The molecule has 1 aliphatic rings. The molecule has 0 amide bonds. The van der Waals surface area contributed by atoms with E-state index in [2.05, 4.69) is 57.3 Å². The zero-order valence-electron chi connectivity index (χ0n) is 11.4. The minimum Gasteiger partial charge on any atom is -0.343 e. The molecule has 0 aliphatic carbocycles. The molecule has 0 saturated carbocycles. The first-order chi connectivity index (χ1) is 8.60. The lowest BCUT2D eigenvalue weighted by Gasteiger charge is -2.20. The highest BCUT2D eigenvalue weighted by atomic mass is 15.3. The number of benzene rings is 1. The lowest BCUT2D eigenvalue weighted by atomic mass is 9.99. The zero-order chi connectivity index (χ0) is 13.1. The van der Waals surface area contributed by atoms with Crippen LogP contribution in [0, 0.1) is 27.4 Å². The van der Waals surface area contributed by atoms with Crippen molar-refractivity contribution < 1.29 is 0 Å². The van der Waals surface area contributed by atoms with Crippen molar-refractivity contribution in [3.8, 4) is 0 Å². The van der Waals surface area contributed by atoms with Crippen LogP contribution in [0.2, 0.25) is 0 Å². The summed E-state index contributed by atoms with van der Waals surface area (Å²) in [5, 5.41) is 0. The van der Waals surface area contributed by atoms with Gasteiger partial charge in [0.15, 0.2) is 0 Å². The van der Waals surface area contributed by atoms with Crippen LogP contribution < -0.4 is 0 Å². The smallest absolute Gasteiger partial charge is 0.208 e. The van der Waals surface area contributed by atoms with E-state index in [-0.39, 0.29) is 0 Å². The van der Waals surface area contributed by atoms with Crippen LogP contribution in [0.5, 0.6) is 0 Å². The summed E-state index contributed by atoms with van der Waals surface area (Å²) in [6.45, 7) is 15.2. The van der Waals surface area contributed by atoms with Crippen molar-refractivity contribution >= 4 is 0 Å². The van der Waals surface area contributed by atoms with Crippen molar-refractivity contribution in [1.29, 1.82) is 0 Å². The normalized spacial score (nSPS) is 14.4. The van der Waals surface area contributed by atoms with Crippen molar-refractivity contribution in [2.75, 3.05) is 6.54 Å². The highest BCUT2D eigenvalue weighted by molar-refractivity contribution is 5.37. The van der Waals surface area contributed by atoms with Crippen LogP contribution in [-0.2, 0) is 6.54 Å². The third kappa shape index (κ3) is 2.76. The molecule has 0 unspecified atom stereocenters. The van der Waals surface area contributed by atoms with Gasteiger partial charge in [0, 0.05) is 25.5 Å². The number of aryl methyl sites for hydroxylation is 3. The third-order valence-corrected chi connectivity index (χ3v) is 3.18. The molecule has 0 aromatic heterocycles. The molecule has 18 heavy (non-hydrogen) atoms. The van der Waals surface area contributed by atoms with E-state index in [0.717, 1.165) is 13.1 Å². The fourth-order valence-electron chi connectivity index (χ4n) is 2.35. The van der Waals surface area contributed by atoms with E-state index in [1.165, 1.54) is 22.3 Å². The molecule has 0 bridgehead atoms. The first-order valence-corrected chi connectivity index (χ1v) is 6.25. The molecule has 2 radical (unpaired) electrons. The fourth-order valence-corrected chi connectivity index (χ4v) is 2.35. The molecule has 0 atom stereocenters. The largest absolute Gasteiger partial charge is 0.343 e. The van der Waals surface area contributed by atoms with E-state index in [1.54, 1.807) is 0 Å². The van der Waals surface area contributed by atoms with Gasteiger partial charge >= 0.3 is 0 Å². The van der Waals surface area contributed by atoms with Crippen LogP contribution in [0.3, 0.4) is 0 Å². The van der Waals surface area contributed by atoms with Gasteiger partial charge in [-0.15, -0.1) is 6.58 Å². The molecule has 2 nitrogen and oxygen atoms in total. The monoisotopic (exact) mass is 240 g/mol. The summed E-state index contributed by atoms with van der Waals surface area (Å²) in [7, 11) is 0. The van der Waals surface area contributed by atoms with Crippen LogP contribution in [0.25, 0.3) is 0 Å². The molecular formula is C16H20N2. The van der Waals surface area contributed by atoms with Gasteiger partial charge in [0.05, 0.1) is 0 Å². The Bertz CT molecular complexity index is 451. The minimum atomic E-state index is 0.804. The average Bonchev–Trinajstić information content (AvgIpc) is 2.72. The Balaban J connectivity index is 2.07. The van der Waals surface area contributed by atoms with Crippen LogP contribution >= 0.6 is 0 Å². The van der Waals surface area contributed by atoms with E-state index < -0.39 is 0 Å². The summed E-state index contributed by atoms with van der Waals surface area (Å²) < 4.78 is 0. The van der Waals surface area contributed by atoms with E-state index >= 15 is 0 Å². The van der Waals surface area contributed by atoms with Gasteiger partial charge in [-0.2, -0.15) is 0 Å². The van der Waals surface area contributed by atoms with Gasteiger partial charge in [-0.25, -0.2) is 0 Å². The summed E-state index contributed by atoms with van der Waals surface area (Å²) in [5.41, 5.74) is 5.42. The van der Waals surface area contributed by atoms with Gasteiger partial charge in [-0.1, -0.05) is 23.8 Å². The Hall–Kier alpha value is -1.70. The number of hydrogen-bond donors (Lipinski definition) is 0. The van der Waals surface area contributed by atoms with E-state index in [0.29, 0.717) is 0 Å². The quantitative estimate of drug-likeness (QED) is 0.744. The van der Waals surface area contributed by atoms with Crippen LogP contribution in [-0.4, -0.2) is 16.3 Å². The lowest BCUT2D eigenvalue weighted by molar-refractivity contribution is 0.357. The number of nitrogens with zero attached hydrogens (tertiary/aromatic N) is 2. The topological polar surface area (TPSA) is 6.48 Å². The Morgan fingerprint density at radius 2 is 1.72 bits per heavy atom. The van der Waals surface area contributed by atoms with Crippen LogP contribution in [0.1, 0.15) is 22.3 Å². The Morgan fingerprint density at radius 1 is 1.11 bits per heavy atom. The molecule has 1 aromatic rings. The summed E-state index contributed by atoms with van der Waals surface area (Å²) >= 11 is 0. The first kappa shape index (κ1) is 12.7. The highest BCUT2D eigenvalue weighted by Gasteiger charge is 2.15. The molecule has 1 heterocycles. The highest BCUT2D eigenvalue weighted by Crippen LogP contribution is 2.21. The Labute approximate surface area is 110 Å². The summed E-state index contributed by atoms with van der Waals surface area (Å²) in [5.74, 6) is 0. The Kier molecular flexibility index (Phi) is 3.75. The zero-order valence-corrected chi connectivity index (χ0v) is 11.4. The third-order valence-electron chi connectivity index (χ3n) is 3.18.